The third-order valence-corrected chi connectivity index (χ3v) is 8.34. The Balaban J connectivity index is 1.35. The van der Waals surface area contributed by atoms with Crippen LogP contribution in [0.3, 0.4) is 0 Å². The van der Waals surface area contributed by atoms with Crippen molar-refractivity contribution >= 4 is 11.8 Å². The zero-order valence-corrected chi connectivity index (χ0v) is 19.6. The second kappa shape index (κ2) is 9.49. The molecule has 5 rings (SSSR count). The Morgan fingerprint density at radius 1 is 1.03 bits per heavy atom. The van der Waals surface area contributed by atoms with E-state index in [0.29, 0.717) is 39.3 Å². The molecule has 3 heterocycles. The number of hydrogen-bond donors (Lipinski definition) is 1. The van der Waals surface area contributed by atoms with E-state index in [0.717, 1.165) is 37.7 Å². The molecular formula is C28H33FN2O3. The van der Waals surface area contributed by atoms with E-state index in [9.17, 15) is 14.0 Å². The molecule has 2 aromatic rings. The van der Waals surface area contributed by atoms with Gasteiger partial charge in [-0.25, -0.2) is 4.39 Å². The first-order valence-electron chi connectivity index (χ1n) is 12.4. The molecule has 3 fully saturated rings. The maximum absolute atomic E-state index is 14.0. The molecule has 0 aromatic heterocycles. The van der Waals surface area contributed by atoms with E-state index in [1.165, 1.54) is 11.6 Å². The summed E-state index contributed by atoms with van der Waals surface area (Å²) in [6.45, 7) is 3.01. The number of rotatable bonds is 4. The minimum Gasteiger partial charge on any atom is -0.381 e. The molecule has 0 saturated carbocycles. The topological polar surface area (TPSA) is 58.6 Å². The highest BCUT2D eigenvalue weighted by Crippen LogP contribution is 2.49. The Morgan fingerprint density at radius 3 is 2.47 bits per heavy atom. The van der Waals surface area contributed by atoms with Gasteiger partial charge >= 0.3 is 0 Å². The lowest BCUT2D eigenvalue weighted by molar-refractivity contribution is -0.151. The number of hydrogen-bond acceptors (Lipinski definition) is 3. The SMILES string of the molecule is O=C1CC2(CCN(C(=O)C3(Cc4ccccc4)CCOCC3)CC2)[C@H](c2cccc(F)c2)CN1. The molecular weight excluding hydrogens is 431 g/mol. The second-order valence-electron chi connectivity index (χ2n) is 10.3. The molecule has 0 radical (unpaired) electrons. The fraction of sp³-hybridized carbons (Fsp3) is 0.500. The smallest absolute Gasteiger partial charge is 0.229 e. The summed E-state index contributed by atoms with van der Waals surface area (Å²) in [4.78, 5) is 28.4. The summed E-state index contributed by atoms with van der Waals surface area (Å²) in [6.07, 6.45) is 4.13. The number of likely N-dealkylation sites (tertiary alicyclic amines) is 1. The number of nitrogens with zero attached hydrogens (tertiary/aromatic N) is 1. The lowest BCUT2D eigenvalue weighted by Gasteiger charge is -2.50. The fourth-order valence-corrected chi connectivity index (χ4v) is 6.36. The number of amides is 2. The van der Waals surface area contributed by atoms with Gasteiger partial charge in [-0.2, -0.15) is 0 Å². The number of piperidine rings is 2. The van der Waals surface area contributed by atoms with Gasteiger partial charge in [0, 0.05) is 45.2 Å². The minimum absolute atomic E-state index is 0.0532. The summed E-state index contributed by atoms with van der Waals surface area (Å²) >= 11 is 0. The van der Waals surface area contributed by atoms with E-state index in [4.69, 9.17) is 4.74 Å². The summed E-state index contributed by atoms with van der Waals surface area (Å²) in [5.74, 6) is 0.0773. The maximum Gasteiger partial charge on any atom is 0.229 e. The van der Waals surface area contributed by atoms with Crippen molar-refractivity contribution in [2.24, 2.45) is 10.8 Å². The van der Waals surface area contributed by atoms with Crippen LogP contribution in [0.5, 0.6) is 0 Å². The summed E-state index contributed by atoms with van der Waals surface area (Å²) in [7, 11) is 0. The quantitative estimate of drug-likeness (QED) is 0.742. The standard InChI is InChI=1S/C28H33FN2O3/c29-23-8-4-7-22(17-23)24-20-30-25(32)19-27(24)9-13-31(14-10-27)26(33)28(11-15-34-16-12-28)18-21-5-2-1-3-6-21/h1-8,17,24H,9-16,18-20H2,(H,30,32)/t24-/m0/s1. The largest absolute Gasteiger partial charge is 0.381 e. The predicted molar refractivity (Wildman–Crippen MR) is 128 cm³/mol. The van der Waals surface area contributed by atoms with Crippen LogP contribution in [0.25, 0.3) is 0 Å². The van der Waals surface area contributed by atoms with Gasteiger partial charge in [0.25, 0.3) is 0 Å². The van der Waals surface area contributed by atoms with E-state index in [2.05, 4.69) is 17.4 Å². The van der Waals surface area contributed by atoms with Gasteiger partial charge in [-0.05, 0) is 60.8 Å². The van der Waals surface area contributed by atoms with Gasteiger partial charge in [0.05, 0.1) is 5.41 Å². The number of ether oxygens (including phenoxy) is 1. The van der Waals surface area contributed by atoms with Gasteiger partial charge in [0.2, 0.25) is 11.8 Å². The van der Waals surface area contributed by atoms with Gasteiger partial charge in [0.1, 0.15) is 5.82 Å². The molecule has 3 aliphatic rings. The van der Waals surface area contributed by atoms with E-state index in [-0.39, 0.29) is 29.0 Å². The normalized spacial score (nSPS) is 24.0. The molecule has 5 nitrogen and oxygen atoms in total. The van der Waals surface area contributed by atoms with E-state index in [1.54, 1.807) is 12.1 Å². The lowest BCUT2D eigenvalue weighted by atomic mass is 9.62. The highest BCUT2D eigenvalue weighted by atomic mass is 19.1. The van der Waals surface area contributed by atoms with Crippen LogP contribution in [0.15, 0.2) is 54.6 Å². The molecule has 2 amide bonds. The molecule has 1 N–H and O–H groups in total. The van der Waals surface area contributed by atoms with E-state index >= 15 is 0 Å². The summed E-state index contributed by atoms with van der Waals surface area (Å²) in [5, 5.41) is 2.98. The first kappa shape index (κ1) is 23.0. The number of nitrogens with one attached hydrogen (secondary N) is 1. The van der Waals surface area contributed by atoms with Crippen molar-refractivity contribution in [1.82, 2.24) is 10.2 Å². The van der Waals surface area contributed by atoms with Crippen LogP contribution >= 0.6 is 0 Å². The van der Waals surface area contributed by atoms with Crippen molar-refractivity contribution in [3.05, 3.63) is 71.5 Å². The second-order valence-corrected chi connectivity index (χ2v) is 10.3. The van der Waals surface area contributed by atoms with Crippen LogP contribution in [-0.2, 0) is 20.7 Å². The molecule has 0 unspecified atom stereocenters. The summed E-state index contributed by atoms with van der Waals surface area (Å²) < 4.78 is 19.6. The molecule has 1 atom stereocenters. The van der Waals surface area contributed by atoms with Crippen molar-refractivity contribution in [3.8, 4) is 0 Å². The Labute approximate surface area is 200 Å². The molecule has 180 valence electrons. The fourth-order valence-electron chi connectivity index (χ4n) is 6.36. The molecule has 2 aromatic carbocycles. The van der Waals surface area contributed by atoms with Crippen molar-refractivity contribution in [1.29, 1.82) is 0 Å². The van der Waals surface area contributed by atoms with Gasteiger partial charge in [-0.3, -0.25) is 9.59 Å². The molecule has 3 aliphatic heterocycles. The zero-order chi connectivity index (χ0) is 23.6. The number of halogens is 1. The Hall–Kier alpha value is -2.73. The van der Waals surface area contributed by atoms with Crippen molar-refractivity contribution < 1.29 is 18.7 Å². The average molecular weight is 465 g/mol. The molecule has 0 aliphatic carbocycles. The molecule has 1 spiro atoms. The molecule has 0 bridgehead atoms. The van der Waals surface area contributed by atoms with Crippen LogP contribution in [0.4, 0.5) is 4.39 Å². The van der Waals surface area contributed by atoms with Crippen LogP contribution in [0, 0.1) is 16.6 Å². The monoisotopic (exact) mass is 464 g/mol. The lowest BCUT2D eigenvalue weighted by Crippen LogP contribution is -2.56. The van der Waals surface area contributed by atoms with Gasteiger partial charge in [-0.15, -0.1) is 0 Å². The van der Waals surface area contributed by atoms with Crippen LogP contribution in [-0.4, -0.2) is 49.6 Å². The van der Waals surface area contributed by atoms with Crippen LogP contribution < -0.4 is 5.32 Å². The Morgan fingerprint density at radius 2 is 1.76 bits per heavy atom. The Bertz CT molecular complexity index is 1030. The van der Waals surface area contributed by atoms with Gasteiger partial charge < -0.3 is 15.0 Å². The molecule has 6 heteroatoms. The predicted octanol–water partition coefficient (Wildman–Crippen LogP) is 4.08. The van der Waals surface area contributed by atoms with Crippen LogP contribution in [0.2, 0.25) is 0 Å². The highest BCUT2D eigenvalue weighted by Gasteiger charge is 2.49. The number of carbonyl (C=O) groups is 2. The molecule has 3 saturated heterocycles. The third-order valence-electron chi connectivity index (χ3n) is 8.34. The maximum atomic E-state index is 14.0. The molecule has 34 heavy (non-hydrogen) atoms. The van der Waals surface area contributed by atoms with Gasteiger partial charge in [0.15, 0.2) is 0 Å². The Kier molecular flexibility index (Phi) is 6.43. The van der Waals surface area contributed by atoms with E-state index < -0.39 is 5.41 Å². The first-order chi connectivity index (χ1) is 16.5. The minimum atomic E-state index is -0.435. The third kappa shape index (κ3) is 4.48. The zero-order valence-electron chi connectivity index (χ0n) is 19.6. The summed E-state index contributed by atoms with van der Waals surface area (Å²) in [5.41, 5.74) is 1.44. The number of benzene rings is 2. The van der Waals surface area contributed by atoms with Gasteiger partial charge in [-0.1, -0.05) is 42.5 Å². The van der Waals surface area contributed by atoms with E-state index in [1.807, 2.05) is 29.2 Å². The first-order valence-corrected chi connectivity index (χ1v) is 12.4. The van der Waals surface area contributed by atoms with Crippen molar-refractivity contribution in [2.75, 3.05) is 32.8 Å². The summed E-state index contributed by atoms with van der Waals surface area (Å²) in [6, 6.07) is 17.0. The highest BCUT2D eigenvalue weighted by molar-refractivity contribution is 5.83. The van der Waals surface area contributed by atoms with Crippen LogP contribution in [0.1, 0.15) is 49.1 Å². The van der Waals surface area contributed by atoms with Crippen molar-refractivity contribution in [2.45, 2.75) is 44.4 Å². The van der Waals surface area contributed by atoms with Crippen molar-refractivity contribution in [3.63, 3.8) is 0 Å². The number of carbonyl (C=O) groups excluding carboxylic acids is 2. The average Bonchev–Trinajstić information content (AvgIpc) is 2.85.